The Hall–Kier alpha value is -2.29. The van der Waals surface area contributed by atoms with Crippen molar-refractivity contribution in [2.45, 2.75) is 290 Å². The van der Waals surface area contributed by atoms with Crippen molar-refractivity contribution in [2.75, 3.05) is 40.9 Å². The van der Waals surface area contributed by atoms with E-state index in [-0.39, 0.29) is 31.5 Å². The van der Waals surface area contributed by atoms with Gasteiger partial charge in [0.2, 0.25) is 5.91 Å². The molecule has 0 aliphatic heterocycles. The first-order valence-corrected chi connectivity index (χ1v) is 32.1. The maximum Gasteiger partial charge on any atom is 0.472 e. The number of unbranched alkanes of at least 4 members (excludes halogenated alkanes) is 31. The maximum atomic E-state index is 13.5. The molecule has 1 amide bonds. The molecule has 0 aromatic carbocycles. The van der Waals surface area contributed by atoms with Crippen molar-refractivity contribution in [3.8, 4) is 0 Å². The van der Waals surface area contributed by atoms with E-state index in [1.54, 1.807) is 0 Å². The summed E-state index contributed by atoms with van der Waals surface area (Å²) in [5.74, 6) is -0.520. The molecule has 2 N–H and O–H groups in total. The van der Waals surface area contributed by atoms with E-state index < -0.39 is 20.0 Å². The third-order valence-corrected chi connectivity index (χ3v) is 14.4. The van der Waals surface area contributed by atoms with Gasteiger partial charge in [-0.05, 0) is 76.7 Å². The minimum absolute atomic E-state index is 0.0360. The Morgan fingerprint density at radius 3 is 1.27 bits per heavy atom. The predicted octanol–water partition coefficient (Wildman–Crippen LogP) is 18.7. The van der Waals surface area contributed by atoms with Crippen LogP contribution in [0.3, 0.4) is 0 Å². The highest BCUT2D eigenvalue weighted by atomic mass is 31.2. The van der Waals surface area contributed by atoms with E-state index in [9.17, 15) is 19.0 Å². The third-order valence-electron chi connectivity index (χ3n) is 13.5. The van der Waals surface area contributed by atoms with Crippen LogP contribution in [0.15, 0.2) is 60.8 Å². The number of nitrogens with one attached hydrogen (secondary N) is 1. The summed E-state index contributed by atoms with van der Waals surface area (Å²) in [4.78, 5) is 37.7. The second-order valence-electron chi connectivity index (χ2n) is 21.9. The first-order chi connectivity index (χ1) is 35.4. The number of phosphoric acid groups is 1. The summed E-state index contributed by atoms with van der Waals surface area (Å²) in [5.41, 5.74) is 0. The second-order valence-corrected chi connectivity index (χ2v) is 23.3. The van der Waals surface area contributed by atoms with E-state index in [1.165, 1.54) is 148 Å². The van der Waals surface area contributed by atoms with Gasteiger partial charge in [0.15, 0.2) is 0 Å². The molecule has 0 rings (SSSR count). The summed E-state index contributed by atoms with van der Waals surface area (Å²) < 4.78 is 30.7. The van der Waals surface area contributed by atoms with Gasteiger partial charge in [-0.2, -0.15) is 0 Å². The monoisotopic (exact) mass is 1050 g/mol. The van der Waals surface area contributed by atoms with Gasteiger partial charge in [-0.3, -0.25) is 18.6 Å². The quantitative estimate of drug-likeness (QED) is 0.0205. The summed E-state index contributed by atoms with van der Waals surface area (Å²) in [6.45, 7) is 6.98. The molecule has 0 saturated heterocycles. The van der Waals surface area contributed by atoms with E-state index in [1.807, 2.05) is 33.3 Å². The highest BCUT2D eigenvalue weighted by Gasteiger charge is 2.30. The van der Waals surface area contributed by atoms with E-state index in [2.05, 4.69) is 74.7 Å². The molecule has 0 radical (unpaired) electrons. The molecular formula is C63H118N2O7P+. The zero-order chi connectivity index (χ0) is 53.6. The summed E-state index contributed by atoms with van der Waals surface area (Å²) in [6.07, 6.45) is 66.3. The highest BCUT2D eigenvalue weighted by molar-refractivity contribution is 7.47. The highest BCUT2D eigenvalue weighted by Crippen LogP contribution is 2.43. The van der Waals surface area contributed by atoms with Crippen molar-refractivity contribution >= 4 is 19.7 Å². The van der Waals surface area contributed by atoms with E-state index >= 15 is 0 Å². The molecule has 0 aliphatic rings. The molecule has 73 heavy (non-hydrogen) atoms. The zero-order valence-corrected chi connectivity index (χ0v) is 49.5. The van der Waals surface area contributed by atoms with Crippen LogP contribution < -0.4 is 5.32 Å². The van der Waals surface area contributed by atoms with Crippen LogP contribution in [0, 0.1) is 0 Å². The standard InChI is InChI=1S/C63H117N2O7P/c1-7-10-13-16-19-22-25-28-29-30-31-32-33-34-35-38-40-43-46-49-52-55-62(66)64-60(59-71-73(68,69)70-58-57-65(4,5)6)61(54-51-48-45-42-39-36-26-23-20-17-14-11-8-2)72-63(67)56-53-50-47-44-41-37-27-24-21-18-15-12-9-3/h19,22,28-29,31-32,34-35,51,54,60-61H,7-18,20-21,23-27,30,33,36-50,52-53,55-59H2,1-6H3,(H-,64,66,68,69)/p+1/b22-19-,29-28-,32-31-,35-34-,54-51-. The molecule has 0 saturated carbocycles. The average molecular weight is 1050 g/mol. The van der Waals surface area contributed by atoms with Crippen molar-refractivity contribution in [3.63, 3.8) is 0 Å². The lowest BCUT2D eigenvalue weighted by Gasteiger charge is -2.27. The SMILES string of the molecule is CCCCC/C=C\C/C=C\C/C=C\C/C=C\CCCCCCCC(=O)NC(COP(=O)(O)OCC[N+](C)(C)C)C(/C=C\CCCCCCCCCCCCC)OC(=O)CCCCCCCCCCCCCCC. The lowest BCUT2D eigenvalue weighted by molar-refractivity contribution is -0.870. The lowest BCUT2D eigenvalue weighted by Crippen LogP contribution is -2.47. The van der Waals surface area contributed by atoms with Crippen LogP contribution in [-0.4, -0.2) is 74.3 Å². The van der Waals surface area contributed by atoms with Gasteiger partial charge in [0.25, 0.3) is 0 Å². The van der Waals surface area contributed by atoms with Crippen LogP contribution in [0.4, 0.5) is 0 Å². The first-order valence-electron chi connectivity index (χ1n) is 30.6. The Bertz CT molecular complexity index is 1440. The molecule has 426 valence electrons. The summed E-state index contributed by atoms with van der Waals surface area (Å²) in [6, 6.07) is -0.857. The molecule has 3 unspecified atom stereocenters. The number of esters is 1. The van der Waals surface area contributed by atoms with Gasteiger partial charge < -0.3 is 19.4 Å². The van der Waals surface area contributed by atoms with Crippen molar-refractivity contribution in [1.29, 1.82) is 0 Å². The number of carbonyl (C=O) groups excluding carboxylic acids is 2. The van der Waals surface area contributed by atoms with Gasteiger partial charge >= 0.3 is 13.8 Å². The fourth-order valence-corrected chi connectivity index (χ4v) is 9.42. The predicted molar refractivity (Wildman–Crippen MR) is 314 cm³/mol. The van der Waals surface area contributed by atoms with Crippen molar-refractivity contribution < 1.29 is 37.3 Å². The molecule has 0 fully saturated rings. The Labute approximate surface area is 451 Å². The first kappa shape index (κ1) is 70.7. The smallest absolute Gasteiger partial charge is 0.456 e. The van der Waals surface area contributed by atoms with Gasteiger partial charge in [-0.1, -0.05) is 249 Å². The second kappa shape index (κ2) is 53.1. The average Bonchev–Trinajstić information content (AvgIpc) is 3.35. The Morgan fingerprint density at radius 1 is 0.479 bits per heavy atom. The maximum absolute atomic E-state index is 13.5. The number of likely N-dealkylation sites (N-methyl/N-ethyl adjacent to an activating group) is 1. The summed E-state index contributed by atoms with van der Waals surface area (Å²) >= 11 is 0. The van der Waals surface area contributed by atoms with Gasteiger partial charge in [0, 0.05) is 12.8 Å². The lowest BCUT2D eigenvalue weighted by atomic mass is 10.0. The molecule has 0 aromatic rings. The fraction of sp³-hybridized carbons (Fsp3) is 0.810. The Morgan fingerprint density at radius 2 is 0.836 bits per heavy atom. The minimum atomic E-state index is -4.45. The van der Waals surface area contributed by atoms with Crippen LogP contribution >= 0.6 is 7.82 Å². The van der Waals surface area contributed by atoms with E-state index in [4.69, 9.17) is 13.8 Å². The molecule has 3 atom stereocenters. The van der Waals surface area contributed by atoms with Gasteiger partial charge in [-0.15, -0.1) is 0 Å². The van der Waals surface area contributed by atoms with Gasteiger partial charge in [0.05, 0.1) is 33.8 Å². The largest absolute Gasteiger partial charge is 0.472 e. The molecule has 0 heterocycles. The number of phosphoric ester groups is 1. The van der Waals surface area contributed by atoms with Crippen LogP contribution in [-0.2, 0) is 27.9 Å². The number of ether oxygens (including phenoxy) is 1. The number of quaternary nitrogens is 1. The Kier molecular flexibility index (Phi) is 51.5. The number of nitrogens with zero attached hydrogens (tertiary/aromatic N) is 1. The topological polar surface area (TPSA) is 111 Å². The van der Waals surface area contributed by atoms with Crippen LogP contribution in [0.1, 0.15) is 278 Å². The van der Waals surface area contributed by atoms with E-state index in [0.717, 1.165) is 96.3 Å². The molecule has 0 aliphatic carbocycles. The van der Waals surface area contributed by atoms with Crippen molar-refractivity contribution in [1.82, 2.24) is 5.32 Å². The number of rotatable bonds is 55. The van der Waals surface area contributed by atoms with Crippen molar-refractivity contribution in [3.05, 3.63) is 60.8 Å². The fourth-order valence-electron chi connectivity index (χ4n) is 8.69. The normalized spacial score (nSPS) is 14.1. The number of amides is 1. The van der Waals surface area contributed by atoms with Gasteiger partial charge in [-0.25, -0.2) is 4.57 Å². The molecule has 0 spiro atoms. The molecule has 0 aromatic heterocycles. The number of allylic oxidation sites excluding steroid dienone is 9. The zero-order valence-electron chi connectivity index (χ0n) is 48.6. The van der Waals surface area contributed by atoms with Gasteiger partial charge in [0.1, 0.15) is 19.3 Å². The van der Waals surface area contributed by atoms with Crippen LogP contribution in [0.2, 0.25) is 0 Å². The number of hydrogen-bond acceptors (Lipinski definition) is 6. The van der Waals surface area contributed by atoms with E-state index in [0.29, 0.717) is 17.4 Å². The van der Waals surface area contributed by atoms with Crippen LogP contribution in [0.25, 0.3) is 0 Å². The minimum Gasteiger partial charge on any atom is -0.456 e. The molecule has 9 nitrogen and oxygen atoms in total. The molecule has 0 bridgehead atoms. The summed E-state index contributed by atoms with van der Waals surface area (Å²) in [7, 11) is 1.48. The summed E-state index contributed by atoms with van der Waals surface area (Å²) in [5, 5.41) is 3.05. The third kappa shape index (κ3) is 54.3. The number of hydrogen-bond donors (Lipinski definition) is 2. The van der Waals surface area contributed by atoms with Crippen LogP contribution in [0.5, 0.6) is 0 Å². The molecular weight excluding hydrogens is 928 g/mol. The molecule has 10 heteroatoms. The Balaban J connectivity index is 5.31. The number of carbonyl (C=O) groups is 2. The van der Waals surface area contributed by atoms with Crippen molar-refractivity contribution in [2.24, 2.45) is 0 Å².